The molecule has 4 atom stereocenters. The van der Waals surface area contributed by atoms with Crippen LogP contribution in [-0.4, -0.2) is 67.0 Å². The summed E-state index contributed by atoms with van der Waals surface area (Å²) in [5.74, 6) is 0. The molecule has 4 unspecified atom stereocenters. The summed E-state index contributed by atoms with van der Waals surface area (Å²) in [4.78, 5) is 53.3. The van der Waals surface area contributed by atoms with Gasteiger partial charge < -0.3 is 0 Å². The quantitative estimate of drug-likeness (QED) is 0.107. The predicted molar refractivity (Wildman–Crippen MR) is 95.7 cm³/mol. The van der Waals surface area contributed by atoms with Crippen LogP contribution in [0, 0.1) is 0 Å². The maximum absolute atomic E-state index is 10.8. The summed E-state index contributed by atoms with van der Waals surface area (Å²) in [5, 5.41) is 27.1. The van der Waals surface area contributed by atoms with Gasteiger partial charge in [-0.1, -0.05) is 0 Å². The Hall–Kier alpha value is -0.370. The Kier molecular flexibility index (Phi) is 9.04. The monoisotopic (exact) mass is 434 g/mol. The first-order valence-electron chi connectivity index (χ1n) is 7.90. The van der Waals surface area contributed by atoms with Crippen molar-refractivity contribution in [2.45, 2.75) is 56.2 Å². The Labute approximate surface area is 157 Å². The molecule has 0 fully saturated rings. The summed E-state index contributed by atoms with van der Waals surface area (Å²) in [6, 6.07) is 0. The van der Waals surface area contributed by atoms with Crippen molar-refractivity contribution in [1.29, 1.82) is 0 Å². The normalized spacial score (nSPS) is 19.3. The molecule has 160 valence electrons. The SMILES string of the molecule is CCC(C(O)C(C)(C)ONONO)P(O)C(O)(Cn1ccnc1)[PH](O)(O)O. The van der Waals surface area contributed by atoms with Gasteiger partial charge in [-0.25, -0.2) is 0 Å². The van der Waals surface area contributed by atoms with Gasteiger partial charge in [-0.15, -0.1) is 0 Å². The van der Waals surface area contributed by atoms with Crippen molar-refractivity contribution in [3.05, 3.63) is 18.7 Å². The first-order valence-corrected chi connectivity index (χ1v) is 11.1. The van der Waals surface area contributed by atoms with Crippen LogP contribution in [0.3, 0.4) is 0 Å². The van der Waals surface area contributed by atoms with Crippen molar-refractivity contribution >= 4 is 16.1 Å². The van der Waals surface area contributed by atoms with Gasteiger partial charge in [-0.2, -0.15) is 0 Å². The van der Waals surface area contributed by atoms with E-state index in [1.54, 1.807) is 6.92 Å². The van der Waals surface area contributed by atoms with Crippen LogP contribution in [0.4, 0.5) is 0 Å². The number of aliphatic hydroxyl groups excluding tert-OH is 1. The second kappa shape index (κ2) is 9.90. The van der Waals surface area contributed by atoms with E-state index in [0.717, 1.165) is 0 Å². The molecule has 0 aliphatic heterocycles. The number of hydrogen-bond acceptors (Lipinski definition) is 12. The van der Waals surface area contributed by atoms with Gasteiger partial charge in [0.1, 0.15) is 0 Å². The molecule has 0 aliphatic carbocycles. The van der Waals surface area contributed by atoms with Crippen LogP contribution in [0.2, 0.25) is 0 Å². The molecule has 9 N–H and O–H groups in total. The van der Waals surface area contributed by atoms with E-state index in [4.69, 9.17) is 10.0 Å². The van der Waals surface area contributed by atoms with Gasteiger partial charge in [-0.3, -0.25) is 0 Å². The van der Waals surface area contributed by atoms with Crippen molar-refractivity contribution in [3.63, 3.8) is 0 Å². The molecule has 0 bridgehead atoms. The molecule has 1 heterocycles. The number of aliphatic hydroxyl groups is 2. The fourth-order valence-corrected chi connectivity index (χ4v) is 6.39. The molecular weight excluding hydrogens is 406 g/mol. The molecule has 13 nitrogen and oxygen atoms in total. The Morgan fingerprint density at radius 2 is 1.96 bits per heavy atom. The summed E-state index contributed by atoms with van der Waals surface area (Å²) in [5.41, 5.74) is 0.671. The van der Waals surface area contributed by atoms with Gasteiger partial charge in [0.05, 0.1) is 0 Å². The molecular formula is C12H28N4O9P2. The van der Waals surface area contributed by atoms with E-state index in [1.807, 2.05) is 5.64 Å². The summed E-state index contributed by atoms with van der Waals surface area (Å²) in [6.45, 7) is 3.90. The zero-order valence-corrected chi connectivity index (χ0v) is 17.0. The number of hydrogen-bond donors (Lipinski definition) is 9. The van der Waals surface area contributed by atoms with Gasteiger partial charge in [-0.05, 0) is 0 Å². The van der Waals surface area contributed by atoms with E-state index < -0.39 is 45.1 Å². The molecule has 1 aromatic heterocycles. The van der Waals surface area contributed by atoms with Crippen molar-refractivity contribution in [2.75, 3.05) is 0 Å². The Bertz CT molecular complexity index is 560. The van der Waals surface area contributed by atoms with E-state index in [1.165, 1.54) is 42.8 Å². The average molecular weight is 434 g/mol. The van der Waals surface area contributed by atoms with Crippen LogP contribution in [0.1, 0.15) is 27.2 Å². The number of nitrogens with one attached hydrogen (secondary N) is 2. The summed E-state index contributed by atoms with van der Waals surface area (Å²) >= 11 is 0. The third-order valence-electron chi connectivity index (χ3n) is 4.08. The third kappa shape index (κ3) is 6.05. The van der Waals surface area contributed by atoms with Crippen LogP contribution < -0.4 is 11.3 Å². The van der Waals surface area contributed by atoms with Crippen LogP contribution >= 0.6 is 16.1 Å². The first kappa shape index (κ1) is 24.7. The number of nitrogens with zero attached hydrogens (tertiary/aromatic N) is 2. The number of imidazole rings is 1. The Balaban J connectivity index is 3.10. The molecule has 27 heavy (non-hydrogen) atoms. The molecule has 0 aliphatic rings. The van der Waals surface area contributed by atoms with Gasteiger partial charge >= 0.3 is 157 Å². The van der Waals surface area contributed by atoms with Crippen molar-refractivity contribution < 1.29 is 44.8 Å². The van der Waals surface area contributed by atoms with Crippen molar-refractivity contribution in [2.24, 2.45) is 0 Å². The van der Waals surface area contributed by atoms with Crippen LogP contribution in [0.5, 0.6) is 0 Å². The minimum atomic E-state index is -5.29. The van der Waals surface area contributed by atoms with E-state index in [2.05, 4.69) is 9.92 Å². The molecule has 1 rings (SSSR count). The second-order valence-electron chi connectivity index (χ2n) is 6.43. The fraction of sp³-hybridized carbons (Fsp3) is 0.750. The molecule has 0 amide bonds. The van der Waals surface area contributed by atoms with Crippen molar-refractivity contribution in [3.8, 4) is 0 Å². The fourth-order valence-electron chi connectivity index (χ4n) is 2.44. The molecule has 1 aromatic rings. The molecule has 0 saturated heterocycles. The first-order chi connectivity index (χ1) is 12.4. The van der Waals surface area contributed by atoms with E-state index in [-0.39, 0.29) is 6.42 Å². The standard InChI is InChI=1S/C12H28N4O9P2/c1-4-9(10(17)11(2,3)24-15-25-14-19)26(20)12(18,27(21,22)23)7-16-6-5-13-8-16/h5-6,8-10,14-15,17-23,27H,4,7H2,1-3H3. The van der Waals surface area contributed by atoms with Gasteiger partial charge in [0.2, 0.25) is 0 Å². The van der Waals surface area contributed by atoms with Gasteiger partial charge in [0.15, 0.2) is 0 Å². The molecule has 15 heteroatoms. The summed E-state index contributed by atoms with van der Waals surface area (Å²) < 4.78 is 1.26. The van der Waals surface area contributed by atoms with E-state index >= 15 is 0 Å². The summed E-state index contributed by atoms with van der Waals surface area (Å²) in [7, 11) is -8.04. The summed E-state index contributed by atoms with van der Waals surface area (Å²) in [6.07, 6.45) is 2.70. The topological polar surface area (TPSA) is 202 Å². The van der Waals surface area contributed by atoms with Crippen LogP contribution in [0.15, 0.2) is 18.7 Å². The third-order valence-corrected chi connectivity index (χ3v) is 9.07. The van der Waals surface area contributed by atoms with Gasteiger partial charge in [0.25, 0.3) is 0 Å². The number of aromatic nitrogens is 2. The second-order valence-corrected chi connectivity index (χ2v) is 11.0. The zero-order chi connectivity index (χ0) is 20.9. The van der Waals surface area contributed by atoms with Crippen molar-refractivity contribution in [1.82, 2.24) is 20.8 Å². The van der Waals surface area contributed by atoms with E-state index in [0.29, 0.717) is 0 Å². The zero-order valence-electron chi connectivity index (χ0n) is 15.1. The molecule has 0 aromatic carbocycles. The predicted octanol–water partition coefficient (Wildman–Crippen LogP) is -1.35. The van der Waals surface area contributed by atoms with Crippen LogP contribution in [-0.2, 0) is 16.3 Å². The molecule has 0 spiro atoms. The van der Waals surface area contributed by atoms with Gasteiger partial charge in [0, 0.05) is 0 Å². The van der Waals surface area contributed by atoms with Crippen LogP contribution in [0.25, 0.3) is 0 Å². The number of rotatable bonds is 12. The van der Waals surface area contributed by atoms with E-state index in [9.17, 15) is 29.8 Å². The maximum atomic E-state index is 10.8. The molecule has 0 saturated carbocycles. The average Bonchev–Trinajstić information content (AvgIpc) is 3.07. The minimum absolute atomic E-state index is 0.103. The Morgan fingerprint density at radius 3 is 2.41 bits per heavy atom. The molecule has 0 radical (unpaired) electrons. The Morgan fingerprint density at radius 1 is 1.33 bits per heavy atom.